The van der Waals surface area contributed by atoms with Crippen LogP contribution >= 0.6 is 0 Å². The molecule has 0 aliphatic rings. The third-order valence-electron chi connectivity index (χ3n) is 4.62. The van der Waals surface area contributed by atoms with Crippen LogP contribution < -0.4 is 11.2 Å². The van der Waals surface area contributed by atoms with Crippen LogP contribution in [-0.2, 0) is 20.1 Å². The molecule has 0 aromatic carbocycles. The van der Waals surface area contributed by atoms with E-state index in [1.165, 1.54) is 9.13 Å². The van der Waals surface area contributed by atoms with Crippen LogP contribution in [0.1, 0.15) is 38.6 Å². The maximum Gasteiger partial charge on any atom is 0.332 e. The average Bonchev–Trinajstić information content (AvgIpc) is 3.01. The van der Waals surface area contributed by atoms with Gasteiger partial charge in [-0.2, -0.15) is 4.98 Å². The zero-order valence-corrected chi connectivity index (χ0v) is 15.3. The number of hydrogen-bond donors (Lipinski definition) is 0. The predicted octanol–water partition coefficient (Wildman–Crippen LogP) is 1.83. The summed E-state index contributed by atoms with van der Waals surface area (Å²) in [6.07, 6.45) is 0.731. The molecule has 0 aliphatic carbocycles. The molecule has 3 rings (SSSR count). The summed E-state index contributed by atoms with van der Waals surface area (Å²) in [5, 5.41) is 0. The van der Waals surface area contributed by atoms with Gasteiger partial charge in [0.2, 0.25) is 5.78 Å². The second-order valence-electron chi connectivity index (χ2n) is 6.89. The molecule has 0 unspecified atom stereocenters. The van der Waals surface area contributed by atoms with Crippen molar-refractivity contribution in [1.82, 2.24) is 23.1 Å². The fraction of sp³-hybridized carbons (Fsp3) is 0.588. The van der Waals surface area contributed by atoms with Crippen molar-refractivity contribution in [3.05, 3.63) is 32.2 Å². The molecule has 3 heterocycles. The fourth-order valence-electron chi connectivity index (χ4n) is 3.32. The second kappa shape index (κ2) is 5.65. The smallest absolute Gasteiger partial charge is 0.314 e. The van der Waals surface area contributed by atoms with Gasteiger partial charge in [0.1, 0.15) is 0 Å². The Morgan fingerprint density at radius 2 is 1.75 bits per heavy atom. The molecule has 3 aromatic heterocycles. The molecule has 0 amide bonds. The van der Waals surface area contributed by atoms with E-state index in [-0.39, 0.29) is 11.2 Å². The van der Waals surface area contributed by atoms with Gasteiger partial charge in [-0.25, -0.2) is 4.79 Å². The maximum absolute atomic E-state index is 12.9. The van der Waals surface area contributed by atoms with Crippen LogP contribution in [-0.4, -0.2) is 23.1 Å². The van der Waals surface area contributed by atoms with Gasteiger partial charge in [0.25, 0.3) is 5.56 Å². The van der Waals surface area contributed by atoms with Gasteiger partial charge in [-0.3, -0.25) is 18.3 Å². The minimum absolute atomic E-state index is 0.257. The van der Waals surface area contributed by atoms with Crippen molar-refractivity contribution in [2.75, 3.05) is 0 Å². The lowest BCUT2D eigenvalue weighted by atomic mass is 10.2. The van der Waals surface area contributed by atoms with E-state index in [9.17, 15) is 9.59 Å². The largest absolute Gasteiger partial charge is 0.332 e. The van der Waals surface area contributed by atoms with Crippen molar-refractivity contribution >= 4 is 16.9 Å². The highest BCUT2D eigenvalue weighted by molar-refractivity contribution is 5.76. The molecule has 0 N–H and O–H groups in total. The van der Waals surface area contributed by atoms with Gasteiger partial charge in [0, 0.05) is 31.5 Å². The van der Waals surface area contributed by atoms with Gasteiger partial charge >= 0.3 is 5.69 Å². The number of aryl methyl sites for hydroxylation is 2. The van der Waals surface area contributed by atoms with Gasteiger partial charge in [0.05, 0.1) is 0 Å². The molecule has 7 nitrogen and oxygen atoms in total. The summed E-state index contributed by atoms with van der Waals surface area (Å²) >= 11 is 0. The van der Waals surface area contributed by atoms with Crippen molar-refractivity contribution in [2.45, 2.75) is 54.1 Å². The molecule has 0 saturated carbocycles. The molecule has 0 atom stereocenters. The topological polar surface area (TPSA) is 66.2 Å². The van der Waals surface area contributed by atoms with Crippen LogP contribution in [0.25, 0.3) is 16.9 Å². The molecule has 0 bridgehead atoms. The summed E-state index contributed by atoms with van der Waals surface area (Å²) in [5.41, 5.74) is 2.47. The summed E-state index contributed by atoms with van der Waals surface area (Å²) in [5.74, 6) is 1.19. The lowest BCUT2D eigenvalue weighted by molar-refractivity contribution is 0.524. The monoisotopic (exact) mass is 331 g/mol. The lowest BCUT2D eigenvalue weighted by Crippen LogP contribution is -2.39. The molecule has 0 spiro atoms. The van der Waals surface area contributed by atoms with Crippen molar-refractivity contribution in [2.24, 2.45) is 13.0 Å². The molecule has 0 saturated heterocycles. The Labute approximate surface area is 140 Å². The second-order valence-corrected chi connectivity index (χ2v) is 6.89. The zero-order chi connectivity index (χ0) is 17.8. The molecular formula is C17H25N5O2. The first-order chi connectivity index (χ1) is 11.3. The van der Waals surface area contributed by atoms with E-state index in [4.69, 9.17) is 0 Å². The number of rotatable bonds is 4. The van der Waals surface area contributed by atoms with Crippen molar-refractivity contribution in [1.29, 1.82) is 0 Å². The average molecular weight is 331 g/mol. The molecule has 0 radical (unpaired) electrons. The third kappa shape index (κ3) is 2.14. The van der Waals surface area contributed by atoms with Gasteiger partial charge in [-0.15, -0.1) is 0 Å². The predicted molar refractivity (Wildman–Crippen MR) is 94.8 cm³/mol. The highest BCUT2D eigenvalue weighted by Gasteiger charge is 2.22. The van der Waals surface area contributed by atoms with E-state index in [1.54, 1.807) is 7.05 Å². The molecule has 0 aliphatic heterocycles. The molecule has 0 fully saturated rings. The van der Waals surface area contributed by atoms with Crippen molar-refractivity contribution in [3.63, 3.8) is 0 Å². The van der Waals surface area contributed by atoms with Crippen LogP contribution in [0.2, 0.25) is 0 Å². The maximum atomic E-state index is 12.9. The molecule has 3 aromatic rings. The third-order valence-corrected chi connectivity index (χ3v) is 4.62. The van der Waals surface area contributed by atoms with E-state index in [1.807, 2.05) is 25.2 Å². The fourth-order valence-corrected chi connectivity index (χ4v) is 3.32. The normalized spacial score (nSPS) is 12.1. The van der Waals surface area contributed by atoms with Gasteiger partial charge in [0.15, 0.2) is 11.2 Å². The molecular weight excluding hydrogens is 306 g/mol. The van der Waals surface area contributed by atoms with Gasteiger partial charge < -0.3 is 4.57 Å². The first-order valence-corrected chi connectivity index (χ1v) is 8.47. The summed E-state index contributed by atoms with van der Waals surface area (Å²) in [4.78, 5) is 30.1. The van der Waals surface area contributed by atoms with E-state index in [2.05, 4.69) is 23.4 Å². The summed E-state index contributed by atoms with van der Waals surface area (Å²) in [7, 11) is 1.68. The van der Waals surface area contributed by atoms with Gasteiger partial charge in [-0.05, 0) is 26.2 Å². The Balaban J connectivity index is 2.52. The first-order valence-electron chi connectivity index (χ1n) is 8.47. The number of fused-ring (bicyclic) bond motifs is 3. The molecule has 130 valence electrons. The quantitative estimate of drug-likeness (QED) is 0.732. The van der Waals surface area contributed by atoms with Crippen molar-refractivity contribution < 1.29 is 0 Å². The van der Waals surface area contributed by atoms with E-state index < -0.39 is 0 Å². The standard InChI is InChI=1S/C17H25N5O2/c1-7-8-20-15(23)13-14(19(6)17(20)24)18-16-21(9-10(2)3)11(4)12(5)22(13)16/h10H,7-9H2,1-6H3. The number of aromatic nitrogens is 5. The van der Waals surface area contributed by atoms with Crippen LogP contribution in [0, 0.1) is 19.8 Å². The molecule has 7 heteroatoms. The summed E-state index contributed by atoms with van der Waals surface area (Å²) in [6.45, 7) is 11.5. The lowest BCUT2D eigenvalue weighted by Gasteiger charge is -2.09. The SMILES string of the molecule is CCCn1c(=O)c2c(nc3n(CC(C)C)c(C)c(C)n23)n(C)c1=O. The summed E-state index contributed by atoms with van der Waals surface area (Å²) < 4.78 is 6.83. The van der Waals surface area contributed by atoms with Gasteiger partial charge in [-0.1, -0.05) is 20.8 Å². The Morgan fingerprint density at radius 1 is 1.08 bits per heavy atom. The minimum Gasteiger partial charge on any atom is -0.314 e. The number of nitrogens with zero attached hydrogens (tertiary/aromatic N) is 5. The van der Waals surface area contributed by atoms with E-state index in [0.717, 1.165) is 30.1 Å². The number of hydrogen-bond acceptors (Lipinski definition) is 3. The Bertz CT molecular complexity index is 1050. The van der Waals surface area contributed by atoms with E-state index in [0.29, 0.717) is 23.6 Å². The minimum atomic E-state index is -0.306. The first kappa shape index (κ1) is 16.5. The zero-order valence-electron chi connectivity index (χ0n) is 15.3. The highest BCUT2D eigenvalue weighted by atomic mass is 16.2. The van der Waals surface area contributed by atoms with Crippen molar-refractivity contribution in [3.8, 4) is 0 Å². The van der Waals surface area contributed by atoms with Crippen LogP contribution in [0.4, 0.5) is 0 Å². The number of imidazole rings is 2. The Kier molecular flexibility index (Phi) is 3.89. The summed E-state index contributed by atoms with van der Waals surface area (Å²) in [6, 6.07) is 0. The van der Waals surface area contributed by atoms with E-state index >= 15 is 0 Å². The van der Waals surface area contributed by atoms with Crippen LogP contribution in [0.15, 0.2) is 9.59 Å². The molecule has 24 heavy (non-hydrogen) atoms. The van der Waals surface area contributed by atoms with Crippen LogP contribution in [0.3, 0.4) is 0 Å². The Morgan fingerprint density at radius 3 is 2.33 bits per heavy atom. The Hall–Kier alpha value is -2.31. The van der Waals surface area contributed by atoms with Crippen LogP contribution in [0.5, 0.6) is 0 Å². The highest BCUT2D eigenvalue weighted by Crippen LogP contribution is 2.21.